The van der Waals surface area contributed by atoms with Crippen LogP contribution in [0.2, 0.25) is 0 Å². The number of oxazole rings is 1. The van der Waals surface area contributed by atoms with Crippen molar-refractivity contribution in [1.82, 2.24) is 10.3 Å². The number of carbonyl (C=O) groups is 1. The van der Waals surface area contributed by atoms with E-state index in [4.69, 9.17) is 4.42 Å². The molecule has 1 aromatic heterocycles. The maximum Gasteiger partial charge on any atom is 0.273 e. The van der Waals surface area contributed by atoms with Crippen molar-refractivity contribution in [3.05, 3.63) is 53.2 Å². The van der Waals surface area contributed by atoms with E-state index >= 15 is 0 Å². The lowest BCUT2D eigenvalue weighted by molar-refractivity contribution is 0.0927. The van der Waals surface area contributed by atoms with Crippen LogP contribution in [0, 0.1) is 6.92 Å². The predicted octanol–water partition coefficient (Wildman–Crippen LogP) is 2.79. The second-order valence-electron chi connectivity index (χ2n) is 4.87. The fourth-order valence-electron chi connectivity index (χ4n) is 2.60. The van der Waals surface area contributed by atoms with E-state index in [2.05, 4.69) is 22.4 Å². The molecule has 1 aliphatic carbocycles. The highest BCUT2D eigenvalue weighted by molar-refractivity contribution is 5.92. The van der Waals surface area contributed by atoms with Gasteiger partial charge in [-0.25, -0.2) is 4.98 Å². The fraction of sp³-hybridized carbons (Fsp3) is 0.333. The molecule has 1 atom stereocenters. The summed E-state index contributed by atoms with van der Waals surface area (Å²) in [5.74, 6) is 0.341. The van der Waals surface area contributed by atoms with E-state index in [1.54, 1.807) is 6.92 Å². The van der Waals surface area contributed by atoms with Crippen LogP contribution in [0.15, 0.2) is 34.9 Å². The zero-order valence-corrected chi connectivity index (χ0v) is 10.8. The van der Waals surface area contributed by atoms with Gasteiger partial charge in [-0.3, -0.25) is 4.79 Å². The zero-order chi connectivity index (χ0) is 13.2. The smallest absolute Gasteiger partial charge is 0.273 e. The van der Waals surface area contributed by atoms with E-state index in [1.807, 2.05) is 12.1 Å². The van der Waals surface area contributed by atoms with Crippen LogP contribution in [0.5, 0.6) is 0 Å². The van der Waals surface area contributed by atoms with Crippen molar-refractivity contribution in [2.24, 2.45) is 0 Å². The summed E-state index contributed by atoms with van der Waals surface area (Å²) in [6.07, 6.45) is 4.56. The standard InChI is InChI=1S/C15H16N2O2/c1-10-16-14(9-19-10)15(18)17-13-8-4-6-11-5-2-3-7-12(11)13/h2-3,5,7,9,13H,4,6,8H2,1H3,(H,17,18). The topological polar surface area (TPSA) is 55.1 Å². The van der Waals surface area contributed by atoms with Crippen LogP contribution < -0.4 is 5.32 Å². The van der Waals surface area contributed by atoms with Crippen molar-refractivity contribution in [3.8, 4) is 0 Å². The Balaban J connectivity index is 1.79. The Morgan fingerprint density at radius 2 is 2.26 bits per heavy atom. The number of amides is 1. The number of benzene rings is 1. The average molecular weight is 256 g/mol. The molecule has 2 aromatic rings. The number of nitrogens with one attached hydrogen (secondary N) is 1. The van der Waals surface area contributed by atoms with E-state index < -0.39 is 0 Å². The van der Waals surface area contributed by atoms with Gasteiger partial charge in [-0.05, 0) is 30.4 Å². The van der Waals surface area contributed by atoms with Gasteiger partial charge in [0.25, 0.3) is 5.91 Å². The van der Waals surface area contributed by atoms with Gasteiger partial charge in [-0.15, -0.1) is 0 Å². The zero-order valence-electron chi connectivity index (χ0n) is 10.8. The molecule has 0 saturated carbocycles. The van der Waals surface area contributed by atoms with Crippen molar-refractivity contribution in [1.29, 1.82) is 0 Å². The number of nitrogens with zero attached hydrogens (tertiary/aromatic N) is 1. The molecule has 1 aliphatic rings. The van der Waals surface area contributed by atoms with Gasteiger partial charge in [-0.2, -0.15) is 0 Å². The van der Waals surface area contributed by atoms with Crippen LogP contribution >= 0.6 is 0 Å². The molecule has 3 rings (SSSR count). The van der Waals surface area contributed by atoms with Crippen LogP contribution in [0.3, 0.4) is 0 Å². The molecule has 0 aliphatic heterocycles. The highest BCUT2D eigenvalue weighted by Gasteiger charge is 2.22. The van der Waals surface area contributed by atoms with Gasteiger partial charge in [0.15, 0.2) is 11.6 Å². The summed E-state index contributed by atoms with van der Waals surface area (Å²) in [6, 6.07) is 8.36. The molecule has 0 radical (unpaired) electrons. The number of carbonyl (C=O) groups excluding carboxylic acids is 1. The van der Waals surface area contributed by atoms with Crippen LogP contribution in [0.25, 0.3) is 0 Å². The Bertz CT molecular complexity index is 604. The lowest BCUT2D eigenvalue weighted by atomic mass is 9.88. The Hall–Kier alpha value is -2.10. The molecule has 1 aromatic carbocycles. The first-order valence-electron chi connectivity index (χ1n) is 6.55. The fourth-order valence-corrected chi connectivity index (χ4v) is 2.60. The largest absolute Gasteiger partial charge is 0.448 e. The molecule has 0 fully saturated rings. The van der Waals surface area contributed by atoms with E-state index in [9.17, 15) is 4.79 Å². The summed E-state index contributed by atoms with van der Waals surface area (Å²) in [4.78, 5) is 16.2. The molecule has 1 N–H and O–H groups in total. The van der Waals surface area contributed by atoms with Gasteiger partial charge in [0.05, 0.1) is 6.04 Å². The van der Waals surface area contributed by atoms with Crippen molar-refractivity contribution >= 4 is 5.91 Å². The van der Waals surface area contributed by atoms with E-state index in [-0.39, 0.29) is 11.9 Å². The van der Waals surface area contributed by atoms with Crippen LogP contribution in [0.1, 0.15) is 46.4 Å². The van der Waals surface area contributed by atoms with Gasteiger partial charge in [0.2, 0.25) is 0 Å². The third-order valence-corrected chi connectivity index (χ3v) is 3.53. The number of rotatable bonds is 2. The molecule has 1 amide bonds. The first-order valence-corrected chi connectivity index (χ1v) is 6.55. The van der Waals surface area contributed by atoms with Crippen molar-refractivity contribution in [2.75, 3.05) is 0 Å². The molecular weight excluding hydrogens is 240 g/mol. The number of fused-ring (bicyclic) bond motifs is 1. The average Bonchev–Trinajstić information content (AvgIpc) is 2.86. The van der Waals surface area contributed by atoms with Crippen molar-refractivity contribution in [3.63, 3.8) is 0 Å². The Morgan fingerprint density at radius 1 is 1.42 bits per heavy atom. The minimum Gasteiger partial charge on any atom is -0.448 e. The second-order valence-corrected chi connectivity index (χ2v) is 4.87. The molecule has 98 valence electrons. The summed E-state index contributed by atoms with van der Waals surface area (Å²) < 4.78 is 5.07. The van der Waals surface area contributed by atoms with Gasteiger partial charge < -0.3 is 9.73 Å². The molecule has 1 heterocycles. The Labute approximate surface area is 111 Å². The summed E-state index contributed by atoms with van der Waals surface area (Å²) in [7, 11) is 0. The quantitative estimate of drug-likeness (QED) is 0.898. The highest BCUT2D eigenvalue weighted by atomic mass is 16.3. The third-order valence-electron chi connectivity index (χ3n) is 3.53. The maximum atomic E-state index is 12.1. The minimum atomic E-state index is -0.168. The number of hydrogen-bond donors (Lipinski definition) is 1. The first-order chi connectivity index (χ1) is 9.24. The second kappa shape index (κ2) is 4.88. The molecule has 0 saturated heterocycles. The molecule has 19 heavy (non-hydrogen) atoms. The SMILES string of the molecule is Cc1nc(C(=O)NC2CCCc3ccccc32)co1. The number of hydrogen-bond acceptors (Lipinski definition) is 3. The summed E-state index contributed by atoms with van der Waals surface area (Å²) in [6.45, 7) is 1.73. The van der Waals surface area contributed by atoms with Gasteiger partial charge in [0.1, 0.15) is 6.26 Å². The lowest BCUT2D eigenvalue weighted by Gasteiger charge is -2.25. The van der Waals surface area contributed by atoms with Crippen molar-refractivity contribution < 1.29 is 9.21 Å². The minimum absolute atomic E-state index is 0.0782. The first kappa shape index (κ1) is 12.0. The van der Waals surface area contributed by atoms with Crippen LogP contribution in [-0.2, 0) is 6.42 Å². The maximum absolute atomic E-state index is 12.1. The van der Waals surface area contributed by atoms with Crippen molar-refractivity contribution in [2.45, 2.75) is 32.2 Å². The monoisotopic (exact) mass is 256 g/mol. The lowest BCUT2D eigenvalue weighted by Crippen LogP contribution is -2.31. The van der Waals surface area contributed by atoms with Gasteiger partial charge >= 0.3 is 0 Å². The molecule has 1 unspecified atom stereocenters. The summed E-state index contributed by atoms with van der Waals surface area (Å²) in [5, 5.41) is 3.04. The van der Waals surface area contributed by atoms with E-state index in [1.165, 1.54) is 17.4 Å². The Morgan fingerprint density at radius 3 is 3.05 bits per heavy atom. The summed E-state index contributed by atoms with van der Waals surface area (Å²) in [5.41, 5.74) is 2.90. The predicted molar refractivity (Wildman–Crippen MR) is 70.8 cm³/mol. The van der Waals surface area contributed by atoms with E-state index in [0.29, 0.717) is 11.6 Å². The highest BCUT2D eigenvalue weighted by Crippen LogP contribution is 2.29. The van der Waals surface area contributed by atoms with Gasteiger partial charge in [-0.1, -0.05) is 24.3 Å². The summed E-state index contributed by atoms with van der Waals surface area (Å²) >= 11 is 0. The molecule has 0 bridgehead atoms. The molecule has 4 nitrogen and oxygen atoms in total. The number of aryl methyl sites for hydroxylation is 2. The number of aromatic nitrogens is 1. The van der Waals surface area contributed by atoms with E-state index in [0.717, 1.165) is 19.3 Å². The molecular formula is C15H16N2O2. The molecule has 4 heteroatoms. The van der Waals surface area contributed by atoms with Crippen LogP contribution in [-0.4, -0.2) is 10.9 Å². The molecule has 0 spiro atoms. The normalized spacial score (nSPS) is 17.8. The van der Waals surface area contributed by atoms with Gasteiger partial charge in [0, 0.05) is 6.92 Å². The Kier molecular flexibility index (Phi) is 3.07. The third kappa shape index (κ3) is 2.38. The van der Waals surface area contributed by atoms with Crippen LogP contribution in [0.4, 0.5) is 0 Å².